The summed E-state index contributed by atoms with van der Waals surface area (Å²) in [6.45, 7) is 0. The Kier molecular flexibility index (Phi) is 3.13. The lowest BCUT2D eigenvalue weighted by Crippen LogP contribution is -2.11. The third-order valence-corrected chi connectivity index (χ3v) is 2.83. The molecular weight excluding hydrogens is 220 g/mol. The van der Waals surface area contributed by atoms with E-state index in [0.29, 0.717) is 16.7 Å². The van der Waals surface area contributed by atoms with Crippen LogP contribution in [0.1, 0.15) is 0 Å². The average Bonchev–Trinajstić information content (AvgIpc) is 2.69. The molecule has 0 spiro atoms. The van der Waals surface area contributed by atoms with E-state index in [9.17, 15) is 0 Å². The van der Waals surface area contributed by atoms with E-state index in [1.165, 1.54) is 16.4 Å². The number of aromatic nitrogens is 3. The van der Waals surface area contributed by atoms with Gasteiger partial charge in [-0.15, -0.1) is 16.6 Å². The van der Waals surface area contributed by atoms with Crippen molar-refractivity contribution < 1.29 is 0 Å². The Morgan fingerprint density at radius 2 is 2.06 bits per heavy atom. The number of terminal acetylenes is 1. The van der Waals surface area contributed by atoms with Crippen LogP contribution in [0.3, 0.4) is 0 Å². The summed E-state index contributed by atoms with van der Waals surface area (Å²) in [5, 5.41) is 8.64. The van der Waals surface area contributed by atoms with E-state index in [2.05, 4.69) is 16.1 Å². The first-order valence-corrected chi connectivity index (χ1v) is 5.63. The zero-order chi connectivity index (χ0) is 11.4. The number of hydrogen-bond acceptors (Lipinski definition) is 4. The zero-order valence-corrected chi connectivity index (χ0v) is 9.31. The smallest absolute Gasteiger partial charge is 0.211 e. The Bertz CT molecular complexity index is 513. The van der Waals surface area contributed by atoms with Gasteiger partial charge in [0.25, 0.3) is 0 Å². The van der Waals surface area contributed by atoms with Crippen LogP contribution in [0.4, 0.5) is 0 Å². The highest BCUT2D eigenvalue weighted by atomic mass is 32.2. The van der Waals surface area contributed by atoms with Crippen LogP contribution in [-0.4, -0.2) is 20.6 Å². The lowest BCUT2D eigenvalue weighted by atomic mass is 10.2. The number of hydrogen-bond donors (Lipinski definition) is 1. The Morgan fingerprint density at radius 1 is 1.31 bits per heavy atom. The van der Waals surface area contributed by atoms with Gasteiger partial charge in [0, 0.05) is 5.56 Å². The van der Waals surface area contributed by atoms with Crippen molar-refractivity contribution in [1.82, 2.24) is 14.9 Å². The number of nitrogens with two attached hydrogens (primary N) is 1. The molecule has 0 radical (unpaired) electrons. The van der Waals surface area contributed by atoms with E-state index in [0.717, 1.165) is 5.56 Å². The van der Waals surface area contributed by atoms with Gasteiger partial charge in [0.2, 0.25) is 5.16 Å². The molecule has 0 fully saturated rings. The minimum atomic E-state index is 0.532. The molecule has 5 heteroatoms. The standard InChI is InChI=1S/C11H10N4S/c1-2-8-16-11-14-13-10(15(11)12)9-6-4-3-5-7-9/h1,3-7H,8,12H2. The Balaban J connectivity index is 2.31. The Labute approximate surface area is 97.8 Å². The van der Waals surface area contributed by atoms with E-state index in [1.807, 2.05) is 30.3 Å². The SMILES string of the molecule is C#CCSc1nnc(-c2ccccc2)n1N. The van der Waals surface area contributed by atoms with Crippen LogP contribution in [0.2, 0.25) is 0 Å². The van der Waals surface area contributed by atoms with Crippen molar-refractivity contribution in [2.24, 2.45) is 0 Å². The summed E-state index contributed by atoms with van der Waals surface area (Å²) < 4.78 is 1.46. The summed E-state index contributed by atoms with van der Waals surface area (Å²) in [6, 6.07) is 9.66. The quantitative estimate of drug-likeness (QED) is 0.492. The lowest BCUT2D eigenvalue weighted by molar-refractivity contribution is 0.851. The fraction of sp³-hybridized carbons (Fsp3) is 0.0909. The molecule has 0 atom stereocenters. The van der Waals surface area contributed by atoms with Crippen LogP contribution in [-0.2, 0) is 0 Å². The Hall–Kier alpha value is -1.93. The summed E-state index contributed by atoms with van der Waals surface area (Å²) in [7, 11) is 0. The van der Waals surface area contributed by atoms with Crippen LogP contribution in [0, 0.1) is 12.3 Å². The highest BCUT2D eigenvalue weighted by Gasteiger charge is 2.10. The third-order valence-electron chi connectivity index (χ3n) is 1.98. The third kappa shape index (κ3) is 2.02. The second kappa shape index (κ2) is 4.73. The van der Waals surface area contributed by atoms with Crippen molar-refractivity contribution in [3.8, 4) is 23.7 Å². The summed E-state index contributed by atoms with van der Waals surface area (Å²) in [5.41, 5.74) is 0.935. The molecule has 0 saturated heterocycles. The van der Waals surface area contributed by atoms with Gasteiger partial charge in [0.1, 0.15) is 0 Å². The summed E-state index contributed by atoms with van der Waals surface area (Å²) in [4.78, 5) is 0. The number of benzene rings is 1. The van der Waals surface area contributed by atoms with Crippen molar-refractivity contribution >= 4 is 11.8 Å². The molecule has 1 aromatic heterocycles. The molecule has 16 heavy (non-hydrogen) atoms. The van der Waals surface area contributed by atoms with E-state index in [1.54, 1.807) is 0 Å². The van der Waals surface area contributed by atoms with Gasteiger partial charge in [-0.2, -0.15) is 0 Å². The van der Waals surface area contributed by atoms with Gasteiger partial charge in [-0.3, -0.25) is 0 Å². The molecule has 80 valence electrons. The van der Waals surface area contributed by atoms with E-state index in [4.69, 9.17) is 12.3 Å². The maximum absolute atomic E-state index is 5.88. The highest BCUT2D eigenvalue weighted by molar-refractivity contribution is 7.99. The van der Waals surface area contributed by atoms with Gasteiger partial charge >= 0.3 is 0 Å². The van der Waals surface area contributed by atoms with Crippen LogP contribution in [0.25, 0.3) is 11.4 Å². The van der Waals surface area contributed by atoms with Crippen molar-refractivity contribution in [2.75, 3.05) is 11.6 Å². The number of nitrogen functional groups attached to an aromatic ring is 1. The second-order valence-corrected chi connectivity index (χ2v) is 3.98. The molecule has 0 saturated carbocycles. The van der Waals surface area contributed by atoms with Gasteiger partial charge in [0.15, 0.2) is 5.82 Å². The largest absolute Gasteiger partial charge is 0.335 e. The minimum Gasteiger partial charge on any atom is -0.335 e. The van der Waals surface area contributed by atoms with Crippen LogP contribution in [0.5, 0.6) is 0 Å². The predicted molar refractivity (Wildman–Crippen MR) is 65.2 cm³/mol. The van der Waals surface area contributed by atoms with Gasteiger partial charge in [-0.05, 0) is 0 Å². The fourth-order valence-electron chi connectivity index (χ4n) is 1.27. The normalized spacial score (nSPS) is 9.94. The van der Waals surface area contributed by atoms with E-state index < -0.39 is 0 Å². The number of rotatable bonds is 3. The van der Waals surface area contributed by atoms with E-state index >= 15 is 0 Å². The molecule has 2 rings (SSSR count). The van der Waals surface area contributed by atoms with Gasteiger partial charge in [-0.1, -0.05) is 48.0 Å². The van der Waals surface area contributed by atoms with Gasteiger partial charge in [0.05, 0.1) is 5.75 Å². The first-order chi connectivity index (χ1) is 7.83. The predicted octanol–water partition coefficient (Wildman–Crippen LogP) is 1.38. The fourth-order valence-corrected chi connectivity index (χ4v) is 1.80. The lowest BCUT2D eigenvalue weighted by Gasteiger charge is -2.01. The second-order valence-electron chi connectivity index (χ2n) is 3.04. The van der Waals surface area contributed by atoms with E-state index in [-0.39, 0.29) is 0 Å². The maximum atomic E-state index is 5.88. The molecule has 0 bridgehead atoms. The highest BCUT2D eigenvalue weighted by Crippen LogP contribution is 2.20. The molecule has 0 unspecified atom stereocenters. The van der Waals surface area contributed by atoms with Crippen LogP contribution in [0.15, 0.2) is 35.5 Å². The Morgan fingerprint density at radius 3 is 2.75 bits per heavy atom. The van der Waals surface area contributed by atoms with Crippen LogP contribution < -0.4 is 5.84 Å². The van der Waals surface area contributed by atoms with Gasteiger partial charge < -0.3 is 5.84 Å². The minimum absolute atomic E-state index is 0.532. The maximum Gasteiger partial charge on any atom is 0.211 e. The van der Waals surface area contributed by atoms with Crippen molar-refractivity contribution in [2.45, 2.75) is 5.16 Å². The monoisotopic (exact) mass is 230 g/mol. The number of thioether (sulfide) groups is 1. The molecular formula is C11H10N4S. The average molecular weight is 230 g/mol. The molecule has 0 aliphatic heterocycles. The summed E-state index contributed by atoms with van der Waals surface area (Å²) in [5.74, 6) is 9.57. The molecule has 0 aliphatic carbocycles. The number of nitrogens with zero attached hydrogens (tertiary/aromatic N) is 3. The molecule has 1 heterocycles. The molecule has 0 amide bonds. The summed E-state index contributed by atoms with van der Waals surface area (Å²) >= 11 is 1.39. The van der Waals surface area contributed by atoms with Crippen LogP contribution >= 0.6 is 11.8 Å². The molecule has 0 aliphatic rings. The molecule has 4 nitrogen and oxygen atoms in total. The van der Waals surface area contributed by atoms with Crippen molar-refractivity contribution in [1.29, 1.82) is 0 Å². The van der Waals surface area contributed by atoms with Gasteiger partial charge in [-0.25, -0.2) is 4.68 Å². The van der Waals surface area contributed by atoms with Crippen molar-refractivity contribution in [3.05, 3.63) is 30.3 Å². The first kappa shape index (κ1) is 10.6. The molecule has 1 aromatic carbocycles. The first-order valence-electron chi connectivity index (χ1n) is 4.65. The molecule has 2 N–H and O–H groups in total. The zero-order valence-electron chi connectivity index (χ0n) is 8.50. The molecule has 2 aromatic rings. The summed E-state index contributed by atoms with van der Waals surface area (Å²) in [6.07, 6.45) is 5.18. The van der Waals surface area contributed by atoms with Crippen molar-refractivity contribution in [3.63, 3.8) is 0 Å². The topological polar surface area (TPSA) is 56.7 Å².